The molecule has 0 spiro atoms. The Kier molecular flexibility index (Phi) is 4.73. The number of halogens is 3. The normalized spacial score (nSPS) is 20.0. The molecular weight excluding hydrogens is 281 g/mol. The third kappa shape index (κ3) is 3.85. The van der Waals surface area contributed by atoms with Crippen molar-refractivity contribution in [3.05, 3.63) is 23.4 Å². The number of likely N-dealkylation sites (tertiary alicyclic amines) is 1. The first-order valence-corrected chi connectivity index (χ1v) is 6.98. The number of hydrogen-bond acceptors (Lipinski definition) is 4. The molecule has 1 saturated heterocycles. The molecule has 4 nitrogen and oxygen atoms in total. The quantitative estimate of drug-likeness (QED) is 0.923. The van der Waals surface area contributed by atoms with Crippen LogP contribution < -0.4 is 10.6 Å². The van der Waals surface area contributed by atoms with E-state index in [1.165, 1.54) is 6.07 Å². The van der Waals surface area contributed by atoms with Gasteiger partial charge >= 0.3 is 6.18 Å². The van der Waals surface area contributed by atoms with E-state index in [2.05, 4.69) is 9.88 Å². The second kappa shape index (κ2) is 6.19. The van der Waals surface area contributed by atoms with E-state index < -0.39 is 11.9 Å². The van der Waals surface area contributed by atoms with Crippen molar-refractivity contribution >= 4 is 5.82 Å². The number of pyridine rings is 1. The summed E-state index contributed by atoms with van der Waals surface area (Å²) in [5.41, 5.74) is 5.39. The van der Waals surface area contributed by atoms with Gasteiger partial charge in [0.2, 0.25) is 0 Å². The second-order valence-electron chi connectivity index (χ2n) is 5.68. The fourth-order valence-corrected chi connectivity index (χ4v) is 2.77. The molecule has 0 saturated carbocycles. The van der Waals surface area contributed by atoms with Gasteiger partial charge in [0.05, 0.1) is 0 Å². The standard InChI is InChI=1S/C14H21F3N4/c1-20-6-5-10(8-20)9-21(2)13-11(7-18)3-4-12(19-13)14(15,16)17/h3-4,10H,5-9,18H2,1-2H3. The summed E-state index contributed by atoms with van der Waals surface area (Å²) in [4.78, 5) is 7.80. The van der Waals surface area contributed by atoms with Crippen LogP contribution in [0.25, 0.3) is 0 Å². The third-order valence-corrected chi connectivity index (χ3v) is 3.85. The number of hydrogen-bond donors (Lipinski definition) is 1. The van der Waals surface area contributed by atoms with Crippen molar-refractivity contribution in [2.75, 3.05) is 38.6 Å². The van der Waals surface area contributed by atoms with E-state index in [1.807, 2.05) is 7.05 Å². The van der Waals surface area contributed by atoms with Crippen molar-refractivity contribution in [3.63, 3.8) is 0 Å². The Balaban J connectivity index is 2.19. The van der Waals surface area contributed by atoms with Gasteiger partial charge in [-0.05, 0) is 32.0 Å². The Morgan fingerprint density at radius 2 is 2.14 bits per heavy atom. The number of alkyl halides is 3. The maximum atomic E-state index is 12.8. The van der Waals surface area contributed by atoms with Crippen LogP contribution in [0.5, 0.6) is 0 Å². The van der Waals surface area contributed by atoms with Gasteiger partial charge in [-0.2, -0.15) is 13.2 Å². The molecule has 2 N–H and O–H groups in total. The molecule has 0 radical (unpaired) electrons. The number of rotatable bonds is 4. The highest BCUT2D eigenvalue weighted by Crippen LogP contribution is 2.30. The highest BCUT2D eigenvalue weighted by atomic mass is 19.4. The van der Waals surface area contributed by atoms with Crippen molar-refractivity contribution in [2.24, 2.45) is 11.7 Å². The minimum atomic E-state index is -4.43. The van der Waals surface area contributed by atoms with Crippen molar-refractivity contribution in [1.82, 2.24) is 9.88 Å². The van der Waals surface area contributed by atoms with E-state index in [-0.39, 0.29) is 6.54 Å². The molecule has 2 rings (SSSR count). The molecule has 0 amide bonds. The average molecular weight is 302 g/mol. The van der Waals surface area contributed by atoms with Crippen molar-refractivity contribution < 1.29 is 13.2 Å². The Morgan fingerprint density at radius 3 is 2.67 bits per heavy atom. The summed E-state index contributed by atoms with van der Waals surface area (Å²) in [6.45, 7) is 2.85. The Labute approximate surface area is 122 Å². The molecule has 0 aliphatic carbocycles. The smallest absolute Gasteiger partial charge is 0.359 e. The van der Waals surface area contributed by atoms with Crippen LogP contribution in [0.3, 0.4) is 0 Å². The predicted molar refractivity (Wildman–Crippen MR) is 76.0 cm³/mol. The molecule has 1 aliphatic heterocycles. The summed E-state index contributed by atoms with van der Waals surface area (Å²) in [5.74, 6) is 0.781. The molecule has 7 heteroatoms. The molecule has 1 fully saturated rings. The molecule has 1 aromatic heterocycles. The third-order valence-electron chi connectivity index (χ3n) is 3.85. The number of nitrogens with two attached hydrogens (primary N) is 1. The summed E-state index contributed by atoms with van der Waals surface area (Å²) >= 11 is 0. The first-order chi connectivity index (χ1) is 9.81. The van der Waals surface area contributed by atoms with E-state index in [0.717, 1.165) is 25.6 Å². The lowest BCUT2D eigenvalue weighted by molar-refractivity contribution is -0.141. The van der Waals surface area contributed by atoms with Gasteiger partial charge in [-0.3, -0.25) is 0 Å². The lowest BCUT2D eigenvalue weighted by Gasteiger charge is -2.25. The second-order valence-corrected chi connectivity index (χ2v) is 5.68. The van der Waals surface area contributed by atoms with Gasteiger partial charge in [0.15, 0.2) is 0 Å². The van der Waals surface area contributed by atoms with E-state index in [4.69, 9.17) is 5.73 Å². The summed E-state index contributed by atoms with van der Waals surface area (Å²) in [5, 5.41) is 0. The Hall–Kier alpha value is -1.34. The van der Waals surface area contributed by atoms with Crippen LogP contribution in [0, 0.1) is 5.92 Å². The number of nitrogens with zero attached hydrogens (tertiary/aromatic N) is 3. The van der Waals surface area contributed by atoms with Crippen LogP contribution in [0.15, 0.2) is 12.1 Å². The van der Waals surface area contributed by atoms with Crippen LogP contribution in [-0.4, -0.2) is 43.6 Å². The predicted octanol–water partition coefficient (Wildman–Crippen LogP) is 1.95. The van der Waals surface area contributed by atoms with Gasteiger partial charge in [-0.1, -0.05) is 6.07 Å². The molecule has 21 heavy (non-hydrogen) atoms. The van der Waals surface area contributed by atoms with Crippen molar-refractivity contribution in [2.45, 2.75) is 19.1 Å². The molecule has 0 aromatic carbocycles. The van der Waals surface area contributed by atoms with E-state index in [9.17, 15) is 13.2 Å². The highest BCUT2D eigenvalue weighted by Gasteiger charge is 2.33. The summed E-state index contributed by atoms with van der Waals surface area (Å²) in [7, 11) is 3.83. The summed E-state index contributed by atoms with van der Waals surface area (Å²) in [6.07, 6.45) is -3.38. The van der Waals surface area contributed by atoms with Gasteiger partial charge in [-0.15, -0.1) is 0 Å². The monoisotopic (exact) mass is 302 g/mol. The number of aromatic nitrogens is 1. The van der Waals surface area contributed by atoms with E-state index in [0.29, 0.717) is 23.8 Å². The minimum Gasteiger partial charge on any atom is -0.359 e. The summed E-state index contributed by atoms with van der Waals surface area (Å²) < 4.78 is 38.4. The van der Waals surface area contributed by atoms with Gasteiger partial charge < -0.3 is 15.5 Å². The zero-order chi connectivity index (χ0) is 15.6. The van der Waals surface area contributed by atoms with Crippen LogP contribution >= 0.6 is 0 Å². The first kappa shape index (κ1) is 16.0. The maximum Gasteiger partial charge on any atom is 0.433 e. The van der Waals surface area contributed by atoms with Gasteiger partial charge in [0, 0.05) is 32.2 Å². The van der Waals surface area contributed by atoms with Crippen LogP contribution in [-0.2, 0) is 12.7 Å². The van der Waals surface area contributed by atoms with Gasteiger partial charge in [0.25, 0.3) is 0 Å². The molecule has 1 aromatic rings. The fourth-order valence-electron chi connectivity index (χ4n) is 2.77. The number of anilines is 1. The van der Waals surface area contributed by atoms with Crippen LogP contribution in [0.1, 0.15) is 17.7 Å². The van der Waals surface area contributed by atoms with Crippen LogP contribution in [0.2, 0.25) is 0 Å². The lowest BCUT2D eigenvalue weighted by atomic mass is 10.1. The molecule has 1 atom stereocenters. The molecule has 1 unspecified atom stereocenters. The van der Waals surface area contributed by atoms with E-state index in [1.54, 1.807) is 11.9 Å². The zero-order valence-electron chi connectivity index (χ0n) is 12.3. The summed E-state index contributed by atoms with van der Waals surface area (Å²) in [6, 6.07) is 2.41. The highest BCUT2D eigenvalue weighted by molar-refractivity contribution is 5.47. The molecule has 1 aliphatic rings. The Morgan fingerprint density at radius 1 is 1.43 bits per heavy atom. The average Bonchev–Trinajstić information content (AvgIpc) is 2.82. The maximum absolute atomic E-state index is 12.8. The van der Waals surface area contributed by atoms with E-state index >= 15 is 0 Å². The minimum absolute atomic E-state index is 0.176. The topological polar surface area (TPSA) is 45.4 Å². The molecule has 118 valence electrons. The van der Waals surface area contributed by atoms with Gasteiger partial charge in [0.1, 0.15) is 11.5 Å². The zero-order valence-corrected chi connectivity index (χ0v) is 12.3. The van der Waals surface area contributed by atoms with Crippen molar-refractivity contribution in [3.8, 4) is 0 Å². The first-order valence-electron chi connectivity index (χ1n) is 6.98. The Bertz CT molecular complexity index is 490. The lowest BCUT2D eigenvalue weighted by Crippen LogP contribution is -2.29. The SMILES string of the molecule is CN1CCC(CN(C)c2nc(C(F)(F)F)ccc2CN)C1. The largest absolute Gasteiger partial charge is 0.433 e. The van der Waals surface area contributed by atoms with Crippen molar-refractivity contribution in [1.29, 1.82) is 0 Å². The van der Waals surface area contributed by atoms with Crippen LogP contribution in [0.4, 0.5) is 19.0 Å². The molecule has 2 heterocycles. The molecular formula is C14H21F3N4. The molecule has 0 bridgehead atoms. The fraction of sp³-hybridized carbons (Fsp3) is 0.643. The van der Waals surface area contributed by atoms with Gasteiger partial charge in [-0.25, -0.2) is 4.98 Å².